The number of aromatic nitrogens is 2. The van der Waals surface area contributed by atoms with Gasteiger partial charge in [0.1, 0.15) is 0 Å². The molecule has 1 aliphatic carbocycles. The summed E-state index contributed by atoms with van der Waals surface area (Å²) in [4.78, 5) is 31.4. The van der Waals surface area contributed by atoms with E-state index >= 15 is 0 Å². The van der Waals surface area contributed by atoms with Gasteiger partial charge in [0, 0.05) is 32.2 Å². The quantitative estimate of drug-likeness (QED) is 0.248. The number of carbonyl (C=O) groups excluding carboxylic acids is 2. The first kappa shape index (κ1) is 29.9. The number of benzene rings is 1. The number of likely N-dealkylation sites (N-methyl/N-ethyl adjacent to an activating group) is 1. The minimum absolute atomic E-state index is 0.0905. The number of thiophene rings is 1. The van der Waals surface area contributed by atoms with E-state index in [1.54, 1.807) is 11.9 Å². The van der Waals surface area contributed by atoms with Crippen LogP contribution in [0.4, 0.5) is 14.7 Å². The van der Waals surface area contributed by atoms with Crippen molar-refractivity contribution in [2.45, 2.75) is 72.0 Å². The van der Waals surface area contributed by atoms with Gasteiger partial charge in [0.15, 0.2) is 0 Å². The molecule has 2 amide bonds. The number of nitrogens with one attached hydrogen (secondary N) is 2. The second-order valence-corrected chi connectivity index (χ2v) is 12.9. The normalized spacial score (nSPS) is 18.0. The molecule has 0 unspecified atom stereocenters. The molecule has 1 aliphatic rings. The Labute approximate surface area is 238 Å². The highest BCUT2D eigenvalue weighted by molar-refractivity contribution is 7.14. The van der Waals surface area contributed by atoms with Crippen LogP contribution in [0.2, 0.25) is 0 Å². The van der Waals surface area contributed by atoms with E-state index in [1.165, 1.54) is 18.2 Å². The standard InChI is InChI=1S/C30H39F2N5O2S/c1-7-26(38)36(6)13-12-19-14-21(15-19)37-23-9-8-20(17-33-18(2)30(3,4)5)16-22(23)34-29(37)35-28(39)25-11-10-24(40-25)27(31)32/h7-11,16,18-19,21,27,33H,1,12-15,17H2,2-6H3,(H,34,35,39)/t18-,19?,21?/m0/s1. The van der Waals surface area contributed by atoms with Crippen molar-refractivity contribution < 1.29 is 18.4 Å². The maximum atomic E-state index is 13.1. The van der Waals surface area contributed by atoms with Crippen LogP contribution in [0.5, 0.6) is 0 Å². The highest BCUT2D eigenvalue weighted by atomic mass is 32.1. The molecular formula is C30H39F2N5O2S. The van der Waals surface area contributed by atoms with E-state index in [4.69, 9.17) is 4.98 Å². The van der Waals surface area contributed by atoms with Crippen molar-refractivity contribution in [3.05, 3.63) is 58.3 Å². The molecule has 0 aliphatic heterocycles. The first-order chi connectivity index (χ1) is 18.9. The fourth-order valence-electron chi connectivity index (χ4n) is 4.83. The van der Waals surface area contributed by atoms with Gasteiger partial charge in [-0.3, -0.25) is 14.9 Å². The van der Waals surface area contributed by atoms with Crippen molar-refractivity contribution in [1.29, 1.82) is 0 Å². The minimum Gasteiger partial charge on any atom is -0.342 e. The number of nitrogens with zero attached hydrogens (tertiary/aromatic N) is 3. The molecule has 10 heteroatoms. The van der Waals surface area contributed by atoms with Crippen molar-refractivity contribution in [2.75, 3.05) is 18.9 Å². The molecule has 1 fully saturated rings. The first-order valence-electron chi connectivity index (χ1n) is 13.7. The predicted molar refractivity (Wildman–Crippen MR) is 157 cm³/mol. The Bertz CT molecular complexity index is 1370. The van der Waals surface area contributed by atoms with Gasteiger partial charge >= 0.3 is 0 Å². The zero-order valence-electron chi connectivity index (χ0n) is 23.8. The molecule has 4 rings (SSSR count). The fourth-order valence-corrected chi connectivity index (χ4v) is 5.59. The maximum absolute atomic E-state index is 13.1. The van der Waals surface area contributed by atoms with Crippen LogP contribution in [0.25, 0.3) is 11.0 Å². The van der Waals surface area contributed by atoms with Crippen molar-refractivity contribution in [2.24, 2.45) is 11.3 Å². The molecule has 0 saturated heterocycles. The Kier molecular flexibility index (Phi) is 9.09. The van der Waals surface area contributed by atoms with Gasteiger partial charge in [-0.2, -0.15) is 0 Å². The second-order valence-electron chi connectivity index (χ2n) is 11.8. The van der Waals surface area contributed by atoms with Crippen LogP contribution in [-0.2, 0) is 11.3 Å². The Morgan fingerprint density at radius 2 is 1.98 bits per heavy atom. The molecule has 216 valence electrons. The van der Waals surface area contributed by atoms with Crippen LogP contribution in [0.1, 0.15) is 79.5 Å². The van der Waals surface area contributed by atoms with Crippen LogP contribution < -0.4 is 10.6 Å². The summed E-state index contributed by atoms with van der Waals surface area (Å²) in [6, 6.07) is 9.32. The number of alkyl halides is 2. The molecule has 0 bridgehead atoms. The van der Waals surface area contributed by atoms with Gasteiger partial charge < -0.3 is 14.8 Å². The zero-order chi connectivity index (χ0) is 29.2. The van der Waals surface area contributed by atoms with Crippen LogP contribution in [0.3, 0.4) is 0 Å². The highest BCUT2D eigenvalue weighted by Gasteiger charge is 2.34. The molecule has 40 heavy (non-hydrogen) atoms. The van der Waals surface area contributed by atoms with E-state index < -0.39 is 12.3 Å². The average molecular weight is 572 g/mol. The lowest BCUT2D eigenvalue weighted by Crippen LogP contribution is -2.37. The number of carbonyl (C=O) groups is 2. The first-order valence-corrected chi connectivity index (χ1v) is 14.5. The summed E-state index contributed by atoms with van der Waals surface area (Å²) in [5, 5.41) is 6.47. The monoisotopic (exact) mass is 571 g/mol. The zero-order valence-corrected chi connectivity index (χ0v) is 24.7. The SMILES string of the molecule is C=CC(=O)N(C)CCC1CC(n2c(NC(=O)c3ccc(C(F)F)s3)nc3cc(CN[C@@H](C)C(C)(C)C)ccc32)C1. The average Bonchev–Trinajstić information content (AvgIpc) is 3.50. The third-order valence-corrected chi connectivity index (χ3v) is 9.05. The van der Waals surface area contributed by atoms with Gasteiger partial charge in [-0.1, -0.05) is 33.4 Å². The number of fused-ring (bicyclic) bond motifs is 1. The van der Waals surface area contributed by atoms with E-state index in [0.717, 1.165) is 47.2 Å². The maximum Gasteiger partial charge on any atom is 0.272 e. The number of amides is 2. The summed E-state index contributed by atoms with van der Waals surface area (Å²) < 4.78 is 28.3. The number of hydrogen-bond acceptors (Lipinski definition) is 5. The van der Waals surface area contributed by atoms with Gasteiger partial charge in [0.2, 0.25) is 11.9 Å². The van der Waals surface area contributed by atoms with E-state index in [1.807, 2.05) is 12.1 Å². The lowest BCUT2D eigenvalue weighted by Gasteiger charge is -2.38. The van der Waals surface area contributed by atoms with Gasteiger partial charge in [-0.15, -0.1) is 11.3 Å². The van der Waals surface area contributed by atoms with Gasteiger partial charge in [0.05, 0.1) is 20.8 Å². The largest absolute Gasteiger partial charge is 0.342 e. The van der Waals surface area contributed by atoms with E-state index in [9.17, 15) is 18.4 Å². The van der Waals surface area contributed by atoms with Crippen LogP contribution >= 0.6 is 11.3 Å². The molecule has 2 aromatic heterocycles. The Balaban J connectivity index is 1.55. The number of rotatable bonds is 11. The third-order valence-electron chi connectivity index (χ3n) is 7.96. The summed E-state index contributed by atoms with van der Waals surface area (Å²) in [7, 11) is 1.77. The molecule has 1 atom stereocenters. The summed E-state index contributed by atoms with van der Waals surface area (Å²) in [5.74, 6) is 0.323. The second kappa shape index (κ2) is 12.2. The van der Waals surface area contributed by atoms with Gasteiger partial charge in [0.25, 0.3) is 12.3 Å². The van der Waals surface area contributed by atoms with Crippen LogP contribution in [0, 0.1) is 11.3 Å². The molecule has 1 aromatic carbocycles. The van der Waals surface area contributed by atoms with Gasteiger partial charge in [-0.05, 0) is 73.4 Å². The smallest absolute Gasteiger partial charge is 0.272 e. The molecule has 1 saturated carbocycles. The summed E-state index contributed by atoms with van der Waals surface area (Å²) in [6.45, 7) is 13.7. The Morgan fingerprint density at radius 1 is 1.25 bits per heavy atom. The molecule has 0 radical (unpaired) electrons. The van der Waals surface area contributed by atoms with Crippen LogP contribution in [0.15, 0.2) is 43.0 Å². The van der Waals surface area contributed by atoms with Crippen molar-refractivity contribution in [1.82, 2.24) is 19.8 Å². The lowest BCUT2D eigenvalue weighted by molar-refractivity contribution is -0.125. The number of anilines is 1. The Morgan fingerprint density at radius 3 is 2.60 bits per heavy atom. The summed E-state index contributed by atoms with van der Waals surface area (Å²) >= 11 is 0.790. The minimum atomic E-state index is -2.61. The van der Waals surface area contributed by atoms with E-state index in [0.29, 0.717) is 31.0 Å². The summed E-state index contributed by atoms with van der Waals surface area (Å²) in [5.41, 5.74) is 2.92. The van der Waals surface area contributed by atoms with Crippen molar-refractivity contribution in [3.8, 4) is 0 Å². The molecular weight excluding hydrogens is 532 g/mol. The lowest BCUT2D eigenvalue weighted by atomic mass is 9.78. The molecule has 2 N–H and O–H groups in total. The van der Waals surface area contributed by atoms with Crippen molar-refractivity contribution in [3.63, 3.8) is 0 Å². The van der Waals surface area contributed by atoms with Crippen molar-refractivity contribution >= 4 is 40.1 Å². The number of halogens is 2. The highest BCUT2D eigenvalue weighted by Crippen LogP contribution is 2.43. The topological polar surface area (TPSA) is 79.3 Å². The molecule has 7 nitrogen and oxygen atoms in total. The molecule has 2 heterocycles. The number of hydrogen-bond donors (Lipinski definition) is 2. The third kappa shape index (κ3) is 6.78. The Hall–Kier alpha value is -3.11. The summed E-state index contributed by atoms with van der Waals surface area (Å²) in [6.07, 6.45) is 1.38. The predicted octanol–water partition coefficient (Wildman–Crippen LogP) is 6.80. The van der Waals surface area contributed by atoms with E-state index in [2.05, 4.69) is 55.5 Å². The molecule has 0 spiro atoms. The van der Waals surface area contributed by atoms with Crippen LogP contribution in [-0.4, -0.2) is 45.9 Å². The molecule has 3 aromatic rings. The fraction of sp³-hybridized carbons (Fsp3) is 0.500. The van der Waals surface area contributed by atoms with E-state index in [-0.39, 0.29) is 27.1 Å². The van der Waals surface area contributed by atoms with Gasteiger partial charge in [-0.25, -0.2) is 13.8 Å². The number of imidazole rings is 1.